The average molecular weight is 229 g/mol. The highest BCUT2D eigenvalue weighted by atomic mass is 32.2. The van der Waals surface area contributed by atoms with Crippen LogP contribution in [-0.4, -0.2) is 21.8 Å². The van der Waals surface area contributed by atoms with E-state index in [1.807, 2.05) is 6.07 Å². The van der Waals surface area contributed by atoms with Gasteiger partial charge in [-0.3, -0.25) is 0 Å². The first-order chi connectivity index (χ1) is 6.95. The molecule has 84 valence electrons. The van der Waals surface area contributed by atoms with Gasteiger partial charge < -0.3 is 4.84 Å². The van der Waals surface area contributed by atoms with Crippen molar-refractivity contribution in [3.63, 3.8) is 0 Å². The maximum atomic E-state index is 11.3. The molecule has 0 amide bonds. The van der Waals surface area contributed by atoms with Gasteiger partial charge >= 0.3 is 0 Å². The Labute approximate surface area is 90.1 Å². The molecule has 1 aromatic carbocycles. The normalized spacial score (nSPS) is 11.7. The van der Waals surface area contributed by atoms with Crippen LogP contribution in [0.15, 0.2) is 23.1 Å². The average Bonchev–Trinajstić information content (AvgIpc) is 2.12. The van der Waals surface area contributed by atoms with Crippen LogP contribution in [-0.2, 0) is 21.2 Å². The Morgan fingerprint density at radius 3 is 2.53 bits per heavy atom. The molecule has 0 spiro atoms. The summed E-state index contributed by atoms with van der Waals surface area (Å²) in [5.41, 5.74) is 4.45. The van der Waals surface area contributed by atoms with Gasteiger partial charge in [-0.25, -0.2) is 8.42 Å². The molecule has 0 aliphatic rings. The third kappa shape index (κ3) is 3.30. The van der Waals surface area contributed by atoms with Crippen LogP contribution in [0.3, 0.4) is 0 Å². The van der Waals surface area contributed by atoms with Crippen molar-refractivity contribution in [1.82, 2.24) is 5.48 Å². The first-order valence-electron chi connectivity index (χ1n) is 4.50. The number of hydrogen-bond donors (Lipinski definition) is 1. The summed E-state index contributed by atoms with van der Waals surface area (Å²) in [5.74, 6) is 0. The van der Waals surface area contributed by atoms with E-state index in [0.717, 1.165) is 11.1 Å². The Balaban J connectivity index is 2.99. The number of hydrogen-bond acceptors (Lipinski definition) is 4. The summed E-state index contributed by atoms with van der Waals surface area (Å²) in [4.78, 5) is 5.09. The Bertz CT molecular complexity index is 440. The Kier molecular flexibility index (Phi) is 3.84. The smallest absolute Gasteiger partial charge is 0.175 e. The SMILES string of the molecule is CONCc1ccc(S(C)(=O)=O)c(C)c1. The van der Waals surface area contributed by atoms with Gasteiger partial charge in [0.15, 0.2) is 9.84 Å². The molecule has 5 heteroatoms. The maximum absolute atomic E-state index is 11.3. The molecule has 1 aromatic rings. The van der Waals surface area contributed by atoms with Gasteiger partial charge in [-0.05, 0) is 24.1 Å². The summed E-state index contributed by atoms with van der Waals surface area (Å²) < 4.78 is 22.7. The van der Waals surface area contributed by atoms with E-state index in [1.165, 1.54) is 13.4 Å². The highest BCUT2D eigenvalue weighted by Gasteiger charge is 2.10. The standard InChI is InChI=1S/C10H15NO3S/c1-8-6-9(7-11-14-2)4-5-10(8)15(3,12)13/h4-6,11H,7H2,1-3H3. The molecule has 0 heterocycles. The second-order valence-corrected chi connectivity index (χ2v) is 5.38. The molecular formula is C10H15NO3S. The molecule has 0 unspecified atom stereocenters. The summed E-state index contributed by atoms with van der Waals surface area (Å²) in [5, 5.41) is 0. The molecule has 0 saturated heterocycles. The molecule has 0 radical (unpaired) electrons. The minimum absolute atomic E-state index is 0.378. The van der Waals surface area contributed by atoms with Gasteiger partial charge in [0.2, 0.25) is 0 Å². The van der Waals surface area contributed by atoms with E-state index < -0.39 is 9.84 Å². The molecule has 0 aliphatic heterocycles. The van der Waals surface area contributed by atoms with Crippen LogP contribution in [0.4, 0.5) is 0 Å². The van der Waals surface area contributed by atoms with Crippen molar-refractivity contribution in [2.24, 2.45) is 0 Å². The minimum atomic E-state index is -3.12. The summed E-state index contributed by atoms with van der Waals surface area (Å²) >= 11 is 0. The third-order valence-corrected chi connectivity index (χ3v) is 3.32. The van der Waals surface area contributed by atoms with Gasteiger partial charge in [-0.1, -0.05) is 12.1 Å². The van der Waals surface area contributed by atoms with Crippen LogP contribution in [0.5, 0.6) is 0 Å². The Morgan fingerprint density at radius 1 is 1.40 bits per heavy atom. The maximum Gasteiger partial charge on any atom is 0.175 e. The quantitative estimate of drug-likeness (QED) is 0.784. The number of hydroxylamine groups is 1. The zero-order valence-electron chi connectivity index (χ0n) is 9.07. The first-order valence-corrected chi connectivity index (χ1v) is 6.39. The van der Waals surface area contributed by atoms with Crippen LogP contribution in [0, 0.1) is 6.92 Å². The van der Waals surface area contributed by atoms with Crippen LogP contribution < -0.4 is 5.48 Å². The zero-order valence-corrected chi connectivity index (χ0v) is 9.89. The number of benzene rings is 1. The van der Waals surface area contributed by atoms with Crippen LogP contribution in [0.2, 0.25) is 0 Å². The fourth-order valence-electron chi connectivity index (χ4n) is 1.39. The molecule has 0 aromatic heterocycles. The van der Waals surface area contributed by atoms with Crippen molar-refractivity contribution < 1.29 is 13.3 Å². The molecular weight excluding hydrogens is 214 g/mol. The highest BCUT2D eigenvalue weighted by Crippen LogP contribution is 2.16. The molecule has 0 atom stereocenters. The second kappa shape index (κ2) is 4.74. The summed E-state index contributed by atoms with van der Waals surface area (Å²) in [6.45, 7) is 2.34. The van der Waals surface area contributed by atoms with E-state index in [9.17, 15) is 8.42 Å². The minimum Gasteiger partial charge on any atom is -0.305 e. The van der Waals surface area contributed by atoms with Gasteiger partial charge in [0.1, 0.15) is 0 Å². The van der Waals surface area contributed by atoms with Crippen molar-refractivity contribution in [3.8, 4) is 0 Å². The van der Waals surface area contributed by atoms with Gasteiger partial charge in [-0.2, -0.15) is 5.48 Å². The van der Waals surface area contributed by atoms with Crippen molar-refractivity contribution in [1.29, 1.82) is 0 Å². The molecule has 0 aliphatic carbocycles. The molecule has 1 N–H and O–H groups in total. The molecule has 0 fully saturated rings. The summed E-state index contributed by atoms with van der Waals surface area (Å²) in [6, 6.07) is 5.23. The zero-order chi connectivity index (χ0) is 11.5. The lowest BCUT2D eigenvalue weighted by atomic mass is 10.1. The molecule has 4 nitrogen and oxygen atoms in total. The van der Waals surface area contributed by atoms with E-state index >= 15 is 0 Å². The predicted octanol–water partition coefficient (Wildman–Crippen LogP) is 1.05. The van der Waals surface area contributed by atoms with Gasteiger partial charge in [0, 0.05) is 12.8 Å². The highest BCUT2D eigenvalue weighted by molar-refractivity contribution is 7.90. The molecule has 1 rings (SSSR count). The number of aryl methyl sites for hydroxylation is 1. The van der Waals surface area contributed by atoms with E-state index in [-0.39, 0.29) is 0 Å². The van der Waals surface area contributed by atoms with E-state index in [2.05, 4.69) is 5.48 Å². The summed E-state index contributed by atoms with van der Waals surface area (Å²) in [6.07, 6.45) is 1.21. The molecule has 0 bridgehead atoms. The summed E-state index contributed by atoms with van der Waals surface area (Å²) in [7, 11) is -1.58. The largest absolute Gasteiger partial charge is 0.305 e. The van der Waals surface area contributed by atoms with Crippen LogP contribution >= 0.6 is 0 Å². The predicted molar refractivity (Wildman–Crippen MR) is 58.1 cm³/mol. The fourth-order valence-corrected chi connectivity index (χ4v) is 2.35. The van der Waals surface area contributed by atoms with E-state index in [4.69, 9.17) is 4.84 Å². The van der Waals surface area contributed by atoms with Gasteiger partial charge in [-0.15, -0.1) is 0 Å². The lowest BCUT2D eigenvalue weighted by Crippen LogP contribution is -2.11. The van der Waals surface area contributed by atoms with E-state index in [0.29, 0.717) is 11.4 Å². The van der Waals surface area contributed by atoms with Crippen molar-refractivity contribution in [2.75, 3.05) is 13.4 Å². The number of sulfone groups is 1. The fraction of sp³-hybridized carbons (Fsp3) is 0.400. The molecule has 15 heavy (non-hydrogen) atoms. The topological polar surface area (TPSA) is 55.4 Å². The van der Waals surface area contributed by atoms with E-state index in [1.54, 1.807) is 19.1 Å². The van der Waals surface area contributed by atoms with Crippen molar-refractivity contribution in [3.05, 3.63) is 29.3 Å². The monoisotopic (exact) mass is 229 g/mol. The van der Waals surface area contributed by atoms with Crippen molar-refractivity contribution >= 4 is 9.84 Å². The van der Waals surface area contributed by atoms with Crippen LogP contribution in [0.1, 0.15) is 11.1 Å². The lowest BCUT2D eigenvalue weighted by molar-refractivity contribution is 0.0867. The third-order valence-electron chi connectivity index (χ3n) is 2.06. The van der Waals surface area contributed by atoms with Crippen molar-refractivity contribution in [2.45, 2.75) is 18.4 Å². The molecule has 0 saturated carbocycles. The first kappa shape index (κ1) is 12.2. The van der Waals surface area contributed by atoms with Crippen LogP contribution in [0.25, 0.3) is 0 Å². The van der Waals surface area contributed by atoms with Gasteiger partial charge in [0.05, 0.1) is 12.0 Å². The second-order valence-electron chi connectivity index (χ2n) is 3.40. The Morgan fingerprint density at radius 2 is 2.07 bits per heavy atom. The van der Waals surface area contributed by atoms with Gasteiger partial charge in [0.25, 0.3) is 0 Å². The number of nitrogens with one attached hydrogen (secondary N) is 1. The lowest BCUT2D eigenvalue weighted by Gasteiger charge is -2.07. The number of rotatable bonds is 4. The Hall–Kier alpha value is -0.910.